The molecule has 8 heteroatoms. The molecule has 0 aromatic carbocycles. The van der Waals surface area contributed by atoms with E-state index in [0.29, 0.717) is 0 Å². The number of hydrogen-bond donors (Lipinski definition) is 2. The Labute approximate surface area is 63.7 Å². The van der Waals surface area contributed by atoms with Gasteiger partial charge in [-0.1, -0.05) is 0 Å². The van der Waals surface area contributed by atoms with E-state index in [0.717, 1.165) is 0 Å². The number of amides is 1. The van der Waals surface area contributed by atoms with Gasteiger partial charge in [-0.15, -0.1) is 0 Å². The number of phosphoric ester groups is 1. The van der Waals surface area contributed by atoms with Crippen LogP contribution in [0.15, 0.2) is 0 Å². The van der Waals surface area contributed by atoms with Gasteiger partial charge in [-0.05, 0) is 6.92 Å². The normalized spacial score (nSPS) is 14.4. The van der Waals surface area contributed by atoms with Gasteiger partial charge in [0.2, 0.25) is 0 Å². The number of phosphoric acid groups is 1. The fraction of sp³-hybridized carbons (Fsp3) is 0.667. The minimum Gasteiger partial charge on any atom is -0.746 e. The molecule has 1 atom stereocenters. The lowest BCUT2D eigenvalue weighted by Gasteiger charge is -2.19. The summed E-state index contributed by atoms with van der Waals surface area (Å²) in [6, 6.07) is 0. The number of rotatable bonds is 3. The molecule has 0 spiro atoms. The molecular weight excluding hydrogens is 175 g/mol. The van der Waals surface area contributed by atoms with Crippen molar-refractivity contribution in [2.75, 3.05) is 6.61 Å². The van der Waals surface area contributed by atoms with Gasteiger partial charge < -0.3 is 25.8 Å². The van der Waals surface area contributed by atoms with Gasteiger partial charge in [-0.25, -0.2) is 4.79 Å². The average Bonchev–Trinajstić information content (AvgIpc) is 1.59. The number of hydrogen-bond acceptors (Lipinski definition) is 5. The zero-order chi connectivity index (χ0) is 8.20. The highest BCUT2D eigenvalue weighted by Crippen LogP contribution is 2.37. The lowest BCUT2D eigenvalue weighted by Crippen LogP contribution is -2.17. The van der Waals surface area contributed by atoms with Gasteiger partial charge in [-0.3, -0.25) is 4.57 Å². The quantitative estimate of drug-likeness (QED) is 0.595. The van der Waals surface area contributed by atoms with Crippen molar-refractivity contribution in [3.05, 3.63) is 0 Å². The van der Waals surface area contributed by atoms with Crippen LogP contribution in [0.5, 0.6) is 0 Å². The Balaban J connectivity index is 0. The molecule has 11 heavy (non-hydrogen) atoms. The standard InChI is InChI=1S/C3H8NO5P.H3N/c1-2-8-10(6,7)9-3(4)5;/h2H2,1H3,(H2,4,5)(H,6,7);1H3. The first-order valence-corrected chi connectivity index (χ1v) is 3.88. The van der Waals surface area contributed by atoms with E-state index in [-0.39, 0.29) is 12.8 Å². The molecule has 6 N–H and O–H groups in total. The Morgan fingerprint density at radius 1 is 1.73 bits per heavy atom. The molecule has 0 saturated carbocycles. The van der Waals surface area contributed by atoms with Crippen LogP contribution >= 0.6 is 7.82 Å². The highest BCUT2D eigenvalue weighted by atomic mass is 31.2. The zero-order valence-electron chi connectivity index (χ0n) is 6.27. The van der Waals surface area contributed by atoms with Crippen LogP contribution in [-0.4, -0.2) is 12.7 Å². The Bertz CT molecular complexity index is 171. The first-order valence-electron chi connectivity index (χ1n) is 2.42. The monoisotopic (exact) mass is 186 g/mol. The van der Waals surface area contributed by atoms with E-state index in [9.17, 15) is 14.3 Å². The summed E-state index contributed by atoms with van der Waals surface area (Å²) in [5.74, 6) is 0. The molecule has 0 heterocycles. The maximum atomic E-state index is 10.3. The molecule has 0 aromatic rings. The lowest BCUT2D eigenvalue weighted by atomic mass is 10.9. The van der Waals surface area contributed by atoms with Crippen molar-refractivity contribution >= 4 is 13.9 Å². The number of carbonyl (C=O) groups is 1. The van der Waals surface area contributed by atoms with Crippen LogP contribution in [0.1, 0.15) is 6.92 Å². The number of carbonyl (C=O) groups excluding carboxylic acids is 1. The highest BCUT2D eigenvalue weighted by Gasteiger charge is 2.10. The van der Waals surface area contributed by atoms with Crippen LogP contribution in [0.25, 0.3) is 0 Å². The van der Waals surface area contributed by atoms with Crippen LogP contribution in [0.4, 0.5) is 4.79 Å². The van der Waals surface area contributed by atoms with E-state index in [1.54, 1.807) is 0 Å². The minimum atomic E-state index is -4.47. The third-order valence-electron chi connectivity index (χ3n) is 0.489. The maximum Gasteiger partial charge on any atom is 0.410 e. The van der Waals surface area contributed by atoms with Crippen LogP contribution in [0.3, 0.4) is 0 Å². The van der Waals surface area contributed by atoms with Gasteiger partial charge in [0.15, 0.2) is 0 Å². The molecule has 0 saturated heterocycles. The molecular formula is C3H11N2O5P. The van der Waals surface area contributed by atoms with E-state index in [1.165, 1.54) is 6.92 Å². The Hall–Kier alpha value is -0.620. The summed E-state index contributed by atoms with van der Waals surface area (Å²) in [5, 5.41) is 0. The number of primary amides is 1. The lowest BCUT2D eigenvalue weighted by molar-refractivity contribution is -0.218. The van der Waals surface area contributed by atoms with E-state index in [2.05, 4.69) is 14.8 Å². The summed E-state index contributed by atoms with van der Waals surface area (Å²) >= 11 is 0. The summed E-state index contributed by atoms with van der Waals surface area (Å²) in [4.78, 5) is 20.2. The molecule has 7 nitrogen and oxygen atoms in total. The summed E-state index contributed by atoms with van der Waals surface area (Å²) in [7, 11) is -4.47. The molecule has 1 unspecified atom stereocenters. The molecule has 0 aliphatic rings. The van der Waals surface area contributed by atoms with Crippen molar-refractivity contribution in [3.63, 3.8) is 0 Å². The van der Waals surface area contributed by atoms with Crippen LogP contribution in [0.2, 0.25) is 0 Å². The third-order valence-corrected chi connectivity index (χ3v) is 1.47. The topological polar surface area (TPSA) is 138 Å². The van der Waals surface area contributed by atoms with Crippen molar-refractivity contribution in [2.45, 2.75) is 6.92 Å². The molecule has 0 aliphatic heterocycles. The van der Waals surface area contributed by atoms with E-state index in [4.69, 9.17) is 0 Å². The number of quaternary nitrogens is 1. The van der Waals surface area contributed by atoms with Crippen molar-refractivity contribution < 1.29 is 23.3 Å². The third kappa shape index (κ3) is 7.27. The Kier molecular flexibility index (Phi) is 6.01. The summed E-state index contributed by atoms with van der Waals surface area (Å²) < 4.78 is 17.9. The molecule has 1 amide bonds. The average molecular weight is 186 g/mol. The summed E-state index contributed by atoms with van der Waals surface area (Å²) in [6.45, 7) is 1.35. The molecule has 0 aliphatic carbocycles. The predicted octanol–water partition coefficient (Wildman–Crippen LogP) is -0.0372. The van der Waals surface area contributed by atoms with Gasteiger partial charge in [0.05, 0.1) is 6.61 Å². The molecule has 0 bridgehead atoms. The Morgan fingerprint density at radius 3 is 2.45 bits per heavy atom. The zero-order valence-corrected chi connectivity index (χ0v) is 7.17. The van der Waals surface area contributed by atoms with E-state index < -0.39 is 13.9 Å². The van der Waals surface area contributed by atoms with Crippen molar-refractivity contribution in [1.29, 1.82) is 0 Å². The first-order chi connectivity index (χ1) is 4.48. The van der Waals surface area contributed by atoms with E-state index >= 15 is 0 Å². The SMILES string of the molecule is CCOP(=O)([O-])OC(N)=O.[NH4+]. The second-order valence-electron chi connectivity index (χ2n) is 1.28. The van der Waals surface area contributed by atoms with E-state index in [1.807, 2.05) is 0 Å². The van der Waals surface area contributed by atoms with Crippen molar-refractivity contribution in [1.82, 2.24) is 6.15 Å². The highest BCUT2D eigenvalue weighted by molar-refractivity contribution is 7.46. The van der Waals surface area contributed by atoms with Crippen LogP contribution < -0.4 is 16.8 Å². The van der Waals surface area contributed by atoms with Crippen LogP contribution in [-0.2, 0) is 13.6 Å². The second-order valence-corrected chi connectivity index (χ2v) is 2.61. The second kappa shape index (κ2) is 5.09. The minimum absolute atomic E-state index is 0. The van der Waals surface area contributed by atoms with Crippen LogP contribution in [0, 0.1) is 0 Å². The molecule has 0 fully saturated rings. The predicted molar refractivity (Wildman–Crippen MR) is 35.9 cm³/mol. The fourth-order valence-corrected chi connectivity index (χ4v) is 0.884. The largest absolute Gasteiger partial charge is 0.746 e. The van der Waals surface area contributed by atoms with Crippen molar-refractivity contribution in [3.8, 4) is 0 Å². The Morgan fingerprint density at radius 2 is 2.18 bits per heavy atom. The van der Waals surface area contributed by atoms with Gasteiger partial charge >= 0.3 is 13.9 Å². The van der Waals surface area contributed by atoms with Gasteiger partial charge in [-0.2, -0.15) is 0 Å². The smallest absolute Gasteiger partial charge is 0.410 e. The molecule has 68 valence electrons. The molecule has 0 radical (unpaired) electrons. The first kappa shape index (κ1) is 13.0. The molecule has 0 rings (SSSR count). The van der Waals surface area contributed by atoms with Gasteiger partial charge in [0, 0.05) is 0 Å². The summed E-state index contributed by atoms with van der Waals surface area (Å²) in [5.41, 5.74) is 4.40. The fourth-order valence-electron chi connectivity index (χ4n) is 0.295. The van der Waals surface area contributed by atoms with Gasteiger partial charge in [0.25, 0.3) is 0 Å². The number of nitrogens with two attached hydrogens (primary N) is 1. The van der Waals surface area contributed by atoms with Gasteiger partial charge in [0.1, 0.15) is 0 Å². The van der Waals surface area contributed by atoms with Crippen molar-refractivity contribution in [2.24, 2.45) is 5.73 Å². The maximum absolute atomic E-state index is 10.3. The molecule has 0 aromatic heterocycles. The summed E-state index contributed by atoms with van der Waals surface area (Å²) in [6.07, 6.45) is -1.40.